The van der Waals surface area contributed by atoms with Crippen LogP contribution in [-0.4, -0.2) is 27.9 Å². The second kappa shape index (κ2) is 6.13. The number of aliphatic carboxylic acids is 1. The van der Waals surface area contributed by atoms with E-state index in [1.165, 1.54) is 13.0 Å². The number of hydrogen-bond donors (Lipinski definition) is 2. The minimum atomic E-state index is -4.70. The van der Waals surface area contributed by atoms with Crippen LogP contribution < -0.4 is 5.73 Å². The third-order valence-electron chi connectivity index (χ3n) is 3.46. The van der Waals surface area contributed by atoms with Gasteiger partial charge in [0.2, 0.25) is 0 Å². The van der Waals surface area contributed by atoms with E-state index in [0.717, 1.165) is 11.0 Å². The number of benzene rings is 1. The van der Waals surface area contributed by atoms with E-state index in [4.69, 9.17) is 10.8 Å². The first-order valence-electron chi connectivity index (χ1n) is 6.13. The predicted molar refractivity (Wildman–Crippen MR) is 73.6 cm³/mol. The molecule has 0 fully saturated rings. The minimum Gasteiger partial charge on any atom is -0.480 e. The Morgan fingerprint density at radius 2 is 2.05 bits per heavy atom. The van der Waals surface area contributed by atoms with Crippen molar-refractivity contribution in [3.05, 3.63) is 34.4 Å². The van der Waals surface area contributed by atoms with Gasteiger partial charge in [-0.05, 0) is 24.1 Å². The summed E-state index contributed by atoms with van der Waals surface area (Å²) in [5.74, 6) is -2.19. The molecule has 3 N–H and O–H groups in total. The molecular formula is C13H14ClF3N2O3. The summed E-state index contributed by atoms with van der Waals surface area (Å²) in [7, 11) is 0. The average Bonchev–Trinajstić information content (AvgIpc) is 2.72. The first-order valence-corrected chi connectivity index (χ1v) is 6.13. The number of halogens is 4. The van der Waals surface area contributed by atoms with Crippen LogP contribution in [0.15, 0.2) is 12.1 Å². The molecule has 9 heteroatoms. The van der Waals surface area contributed by atoms with Gasteiger partial charge in [-0.3, -0.25) is 4.79 Å². The van der Waals surface area contributed by atoms with Crippen LogP contribution in [0, 0.1) is 0 Å². The fourth-order valence-corrected chi connectivity index (χ4v) is 2.33. The molecular weight excluding hydrogens is 325 g/mol. The molecule has 1 aromatic carbocycles. The number of alkyl halides is 3. The Balaban J connectivity index is 0.00000242. The van der Waals surface area contributed by atoms with Crippen molar-refractivity contribution < 1.29 is 27.9 Å². The predicted octanol–water partition coefficient (Wildman–Crippen LogP) is 2.01. The van der Waals surface area contributed by atoms with Gasteiger partial charge in [-0.1, -0.05) is 6.07 Å². The molecule has 5 nitrogen and oxygen atoms in total. The van der Waals surface area contributed by atoms with E-state index >= 15 is 0 Å². The van der Waals surface area contributed by atoms with Crippen molar-refractivity contribution in [3.63, 3.8) is 0 Å². The van der Waals surface area contributed by atoms with Gasteiger partial charge in [-0.25, -0.2) is 4.79 Å². The summed E-state index contributed by atoms with van der Waals surface area (Å²) in [4.78, 5) is 24.0. The van der Waals surface area contributed by atoms with Crippen LogP contribution >= 0.6 is 12.4 Å². The first-order chi connectivity index (χ1) is 9.66. The molecule has 1 amide bonds. The zero-order chi connectivity index (χ0) is 15.9. The van der Waals surface area contributed by atoms with Crippen molar-refractivity contribution in [3.8, 4) is 0 Å². The number of carbonyl (C=O) groups is 2. The van der Waals surface area contributed by atoms with E-state index < -0.39 is 35.2 Å². The Morgan fingerprint density at radius 1 is 1.45 bits per heavy atom. The highest BCUT2D eigenvalue weighted by molar-refractivity contribution is 6.02. The molecule has 22 heavy (non-hydrogen) atoms. The number of carboxylic acid groups (broad SMARTS) is 1. The quantitative estimate of drug-likeness (QED) is 0.883. The van der Waals surface area contributed by atoms with Gasteiger partial charge in [0.15, 0.2) is 0 Å². The van der Waals surface area contributed by atoms with E-state index in [1.807, 2.05) is 0 Å². The lowest BCUT2D eigenvalue weighted by Crippen LogP contribution is -2.39. The molecule has 0 radical (unpaired) electrons. The van der Waals surface area contributed by atoms with E-state index in [1.54, 1.807) is 0 Å². The van der Waals surface area contributed by atoms with Crippen molar-refractivity contribution in [2.75, 3.05) is 0 Å². The Labute approximate surface area is 130 Å². The monoisotopic (exact) mass is 338 g/mol. The third-order valence-corrected chi connectivity index (χ3v) is 3.46. The SMILES string of the molecule is CC(C(=O)O)N1Cc2cc(CN)cc(C(F)(F)F)c2C1=O.Cl. The van der Waals surface area contributed by atoms with Gasteiger partial charge in [0.1, 0.15) is 6.04 Å². The number of carboxylic acids is 1. The molecule has 0 bridgehead atoms. The first kappa shape index (κ1) is 18.2. The summed E-state index contributed by atoms with van der Waals surface area (Å²) in [6, 6.07) is 1.05. The molecule has 2 rings (SSSR count). The smallest absolute Gasteiger partial charge is 0.417 e. The fourth-order valence-electron chi connectivity index (χ4n) is 2.33. The van der Waals surface area contributed by atoms with Gasteiger partial charge >= 0.3 is 12.1 Å². The second-order valence-electron chi connectivity index (χ2n) is 4.83. The lowest BCUT2D eigenvalue weighted by molar-refractivity contribution is -0.141. The lowest BCUT2D eigenvalue weighted by atomic mass is 9.99. The van der Waals surface area contributed by atoms with E-state index in [-0.39, 0.29) is 36.6 Å². The number of hydrogen-bond acceptors (Lipinski definition) is 3. The van der Waals surface area contributed by atoms with E-state index in [2.05, 4.69) is 0 Å². The summed E-state index contributed by atoms with van der Waals surface area (Å²) >= 11 is 0. The van der Waals surface area contributed by atoms with Crippen LogP contribution in [0.5, 0.6) is 0 Å². The normalized spacial score (nSPS) is 15.3. The van der Waals surface area contributed by atoms with Gasteiger partial charge in [-0.2, -0.15) is 13.2 Å². The summed E-state index contributed by atoms with van der Waals surface area (Å²) in [6.45, 7) is 0.987. The van der Waals surface area contributed by atoms with Crippen LogP contribution in [-0.2, 0) is 24.1 Å². The molecule has 1 atom stereocenters. The maximum Gasteiger partial charge on any atom is 0.417 e. The minimum absolute atomic E-state index is 0. The molecule has 1 aliphatic heterocycles. The number of carbonyl (C=O) groups excluding carboxylic acids is 1. The summed E-state index contributed by atoms with van der Waals surface area (Å²) in [5.41, 5.74) is 4.23. The van der Waals surface area contributed by atoms with E-state index in [9.17, 15) is 22.8 Å². The van der Waals surface area contributed by atoms with Crippen LogP contribution in [0.4, 0.5) is 13.2 Å². The molecule has 0 saturated heterocycles. The van der Waals surface area contributed by atoms with Crippen LogP contribution in [0.2, 0.25) is 0 Å². The number of nitrogens with zero attached hydrogens (tertiary/aromatic N) is 1. The molecule has 1 heterocycles. The molecule has 0 spiro atoms. The van der Waals surface area contributed by atoms with Crippen LogP contribution in [0.25, 0.3) is 0 Å². The van der Waals surface area contributed by atoms with Crippen LogP contribution in [0.1, 0.15) is 34.0 Å². The van der Waals surface area contributed by atoms with Gasteiger partial charge < -0.3 is 15.7 Å². The van der Waals surface area contributed by atoms with Crippen molar-refractivity contribution >= 4 is 24.3 Å². The van der Waals surface area contributed by atoms with Crippen molar-refractivity contribution in [1.82, 2.24) is 4.90 Å². The molecule has 122 valence electrons. The van der Waals surface area contributed by atoms with Crippen molar-refractivity contribution in [2.24, 2.45) is 5.73 Å². The number of fused-ring (bicyclic) bond motifs is 1. The highest BCUT2D eigenvalue weighted by atomic mass is 35.5. The van der Waals surface area contributed by atoms with E-state index in [0.29, 0.717) is 0 Å². The lowest BCUT2D eigenvalue weighted by Gasteiger charge is -2.20. The standard InChI is InChI=1S/C13H13F3N2O3.ClH/c1-6(12(20)21)18-5-8-2-7(4-17)3-9(13(14,15)16)10(8)11(18)19;/h2-3,6H,4-5,17H2,1H3,(H,20,21);1H. The van der Waals surface area contributed by atoms with Crippen LogP contribution in [0.3, 0.4) is 0 Å². The Bertz CT molecular complexity index is 619. The van der Waals surface area contributed by atoms with Crippen molar-refractivity contribution in [2.45, 2.75) is 32.2 Å². The highest BCUT2D eigenvalue weighted by Gasteiger charge is 2.43. The summed E-state index contributed by atoms with van der Waals surface area (Å²) in [6.07, 6.45) is -4.70. The van der Waals surface area contributed by atoms with Gasteiger partial charge in [0, 0.05) is 13.1 Å². The Morgan fingerprint density at radius 3 is 2.50 bits per heavy atom. The van der Waals surface area contributed by atoms with Gasteiger partial charge in [-0.15, -0.1) is 12.4 Å². The average molecular weight is 339 g/mol. The second-order valence-corrected chi connectivity index (χ2v) is 4.83. The summed E-state index contributed by atoms with van der Waals surface area (Å²) < 4.78 is 39.3. The molecule has 0 aliphatic carbocycles. The van der Waals surface area contributed by atoms with Gasteiger partial charge in [0.25, 0.3) is 5.91 Å². The van der Waals surface area contributed by atoms with Crippen molar-refractivity contribution in [1.29, 1.82) is 0 Å². The maximum absolute atomic E-state index is 13.1. The Hall–Kier alpha value is -1.80. The largest absolute Gasteiger partial charge is 0.480 e. The number of nitrogens with two attached hydrogens (primary N) is 1. The molecule has 0 aromatic heterocycles. The maximum atomic E-state index is 13.1. The zero-order valence-corrected chi connectivity index (χ0v) is 12.3. The molecule has 1 aliphatic rings. The fraction of sp³-hybridized carbons (Fsp3) is 0.385. The zero-order valence-electron chi connectivity index (χ0n) is 11.5. The van der Waals surface area contributed by atoms with Gasteiger partial charge in [0.05, 0.1) is 11.1 Å². The molecule has 1 unspecified atom stereocenters. The number of rotatable bonds is 3. The highest BCUT2D eigenvalue weighted by Crippen LogP contribution is 2.38. The Kier molecular flexibility index (Phi) is 5.09. The number of amides is 1. The molecule has 1 aromatic rings. The topological polar surface area (TPSA) is 83.6 Å². The summed E-state index contributed by atoms with van der Waals surface area (Å²) in [5, 5.41) is 8.93. The third kappa shape index (κ3) is 3.02. The molecule has 0 saturated carbocycles.